The van der Waals surface area contributed by atoms with Gasteiger partial charge in [-0.25, -0.2) is 8.42 Å². The van der Waals surface area contributed by atoms with E-state index in [9.17, 15) is 8.42 Å². The van der Waals surface area contributed by atoms with E-state index >= 15 is 0 Å². The van der Waals surface area contributed by atoms with E-state index in [0.717, 1.165) is 30.6 Å². The minimum atomic E-state index is -3.35. The van der Waals surface area contributed by atoms with E-state index in [2.05, 4.69) is 0 Å². The SMILES string of the molecule is CN(C1CCCC1)S(=O)(=O)c1ccc(CCO)s1. The third-order valence-electron chi connectivity index (χ3n) is 3.47. The Bertz CT molecular complexity index is 489. The first-order valence-electron chi connectivity index (χ1n) is 6.23. The fourth-order valence-corrected chi connectivity index (χ4v) is 5.29. The molecule has 1 fully saturated rings. The second kappa shape index (κ2) is 5.69. The number of hydrogen-bond donors (Lipinski definition) is 1. The molecule has 1 heterocycles. The van der Waals surface area contributed by atoms with Crippen molar-refractivity contribution in [3.63, 3.8) is 0 Å². The lowest BCUT2D eigenvalue weighted by Crippen LogP contribution is -2.34. The quantitative estimate of drug-likeness (QED) is 0.900. The van der Waals surface area contributed by atoms with Crippen molar-refractivity contribution in [2.24, 2.45) is 0 Å². The van der Waals surface area contributed by atoms with E-state index in [1.807, 2.05) is 0 Å². The highest BCUT2D eigenvalue weighted by atomic mass is 32.2. The molecule has 0 spiro atoms. The van der Waals surface area contributed by atoms with Crippen LogP contribution in [0.25, 0.3) is 0 Å². The first-order valence-corrected chi connectivity index (χ1v) is 8.49. The Labute approximate surface area is 112 Å². The molecule has 0 atom stereocenters. The topological polar surface area (TPSA) is 57.6 Å². The predicted octanol–water partition coefficient (Wildman–Crippen LogP) is 1.85. The molecule has 1 aromatic rings. The van der Waals surface area contributed by atoms with Gasteiger partial charge in [-0.15, -0.1) is 11.3 Å². The summed E-state index contributed by atoms with van der Waals surface area (Å²) in [5, 5.41) is 8.86. The summed E-state index contributed by atoms with van der Waals surface area (Å²) in [6.07, 6.45) is 4.68. The van der Waals surface area contributed by atoms with Crippen molar-refractivity contribution in [1.29, 1.82) is 0 Å². The van der Waals surface area contributed by atoms with Gasteiger partial charge in [0, 0.05) is 31.0 Å². The van der Waals surface area contributed by atoms with Crippen LogP contribution in [0.4, 0.5) is 0 Å². The van der Waals surface area contributed by atoms with Gasteiger partial charge in [-0.1, -0.05) is 12.8 Å². The fraction of sp³-hybridized carbons (Fsp3) is 0.667. The van der Waals surface area contributed by atoms with Gasteiger partial charge in [0.2, 0.25) is 0 Å². The highest BCUT2D eigenvalue weighted by Gasteiger charge is 2.30. The van der Waals surface area contributed by atoms with Crippen LogP contribution >= 0.6 is 11.3 Å². The van der Waals surface area contributed by atoms with Gasteiger partial charge < -0.3 is 5.11 Å². The summed E-state index contributed by atoms with van der Waals surface area (Å²) in [6, 6.07) is 3.59. The number of sulfonamides is 1. The van der Waals surface area contributed by atoms with Crippen molar-refractivity contribution in [3.05, 3.63) is 17.0 Å². The normalized spacial score (nSPS) is 17.7. The van der Waals surface area contributed by atoms with Gasteiger partial charge in [0.1, 0.15) is 4.21 Å². The van der Waals surface area contributed by atoms with Crippen LogP contribution in [0.5, 0.6) is 0 Å². The second-order valence-electron chi connectivity index (χ2n) is 4.65. The van der Waals surface area contributed by atoms with Crippen LogP contribution in [0.3, 0.4) is 0 Å². The van der Waals surface area contributed by atoms with Crippen LogP contribution in [0.15, 0.2) is 16.3 Å². The van der Waals surface area contributed by atoms with Crippen molar-refractivity contribution >= 4 is 21.4 Å². The molecule has 0 aliphatic heterocycles. The van der Waals surface area contributed by atoms with Crippen LogP contribution < -0.4 is 0 Å². The van der Waals surface area contributed by atoms with Crippen molar-refractivity contribution in [2.75, 3.05) is 13.7 Å². The minimum absolute atomic E-state index is 0.0540. The molecule has 1 aliphatic carbocycles. The Morgan fingerprint density at radius 1 is 1.39 bits per heavy atom. The summed E-state index contributed by atoms with van der Waals surface area (Å²) in [4.78, 5) is 0.913. The number of thiophene rings is 1. The van der Waals surface area contributed by atoms with Crippen LogP contribution in [-0.4, -0.2) is 37.5 Å². The smallest absolute Gasteiger partial charge is 0.252 e. The maximum Gasteiger partial charge on any atom is 0.252 e. The Balaban J connectivity index is 2.18. The summed E-state index contributed by atoms with van der Waals surface area (Å²) < 4.78 is 26.7. The monoisotopic (exact) mass is 289 g/mol. The molecule has 6 heteroatoms. The maximum atomic E-state index is 12.4. The van der Waals surface area contributed by atoms with Crippen LogP contribution in [0.1, 0.15) is 30.6 Å². The third kappa shape index (κ3) is 2.77. The molecule has 0 bridgehead atoms. The zero-order valence-corrected chi connectivity index (χ0v) is 12.1. The van der Waals surface area contributed by atoms with Gasteiger partial charge in [0.15, 0.2) is 0 Å². The van der Waals surface area contributed by atoms with E-state index in [1.165, 1.54) is 15.6 Å². The molecule has 0 saturated heterocycles. The Kier molecular flexibility index (Phi) is 4.42. The molecule has 0 aromatic carbocycles. The molecule has 1 aliphatic rings. The van der Waals surface area contributed by atoms with E-state index in [4.69, 9.17) is 5.11 Å². The van der Waals surface area contributed by atoms with Crippen molar-refractivity contribution in [3.8, 4) is 0 Å². The number of rotatable bonds is 5. The maximum absolute atomic E-state index is 12.4. The molecular weight excluding hydrogens is 270 g/mol. The lowest BCUT2D eigenvalue weighted by molar-refractivity contribution is 0.300. The van der Waals surface area contributed by atoms with E-state index in [1.54, 1.807) is 19.2 Å². The molecule has 1 N–H and O–H groups in total. The molecular formula is C12H19NO3S2. The molecule has 4 nitrogen and oxygen atoms in total. The van der Waals surface area contributed by atoms with Crippen molar-refractivity contribution in [2.45, 2.75) is 42.4 Å². The summed E-state index contributed by atoms with van der Waals surface area (Å²) >= 11 is 1.26. The van der Waals surface area contributed by atoms with Gasteiger partial charge in [0.05, 0.1) is 0 Å². The number of hydrogen-bond acceptors (Lipinski definition) is 4. The highest BCUT2D eigenvalue weighted by molar-refractivity contribution is 7.91. The molecule has 0 radical (unpaired) electrons. The van der Waals surface area contributed by atoms with Gasteiger partial charge in [-0.2, -0.15) is 4.31 Å². The van der Waals surface area contributed by atoms with Crippen LogP contribution in [0, 0.1) is 0 Å². The molecule has 18 heavy (non-hydrogen) atoms. The summed E-state index contributed by atoms with van der Waals surface area (Å²) in [6.45, 7) is 0.0540. The fourth-order valence-electron chi connectivity index (χ4n) is 2.35. The largest absolute Gasteiger partial charge is 0.396 e. The zero-order chi connectivity index (χ0) is 13.2. The molecule has 2 rings (SSSR count). The van der Waals surface area contributed by atoms with E-state index < -0.39 is 10.0 Å². The second-order valence-corrected chi connectivity index (χ2v) is 8.05. The molecule has 1 saturated carbocycles. The van der Waals surface area contributed by atoms with Gasteiger partial charge in [0.25, 0.3) is 10.0 Å². The Morgan fingerprint density at radius 2 is 2.06 bits per heavy atom. The average molecular weight is 289 g/mol. The standard InChI is InChI=1S/C12H19NO3S2/c1-13(10-4-2-3-5-10)18(15,16)12-7-6-11(17-12)8-9-14/h6-7,10,14H,2-5,8-9H2,1H3. The summed E-state index contributed by atoms with van der Waals surface area (Å²) in [5.41, 5.74) is 0. The number of aliphatic hydroxyl groups excluding tert-OH is 1. The first kappa shape index (κ1) is 14.0. The molecule has 0 unspecified atom stereocenters. The van der Waals surface area contributed by atoms with Crippen molar-refractivity contribution < 1.29 is 13.5 Å². The average Bonchev–Trinajstić information content (AvgIpc) is 2.99. The first-order chi connectivity index (χ1) is 8.55. The van der Waals surface area contributed by atoms with Gasteiger partial charge in [-0.05, 0) is 25.0 Å². The van der Waals surface area contributed by atoms with E-state index in [-0.39, 0.29) is 12.6 Å². The molecule has 0 amide bonds. The van der Waals surface area contributed by atoms with Crippen LogP contribution in [-0.2, 0) is 16.4 Å². The Hall–Kier alpha value is -0.430. The molecule has 102 valence electrons. The van der Waals surface area contributed by atoms with E-state index in [0.29, 0.717) is 10.6 Å². The Morgan fingerprint density at radius 3 is 2.67 bits per heavy atom. The van der Waals surface area contributed by atoms with Gasteiger partial charge >= 0.3 is 0 Å². The lowest BCUT2D eigenvalue weighted by Gasteiger charge is -2.22. The molecule has 1 aromatic heterocycles. The highest BCUT2D eigenvalue weighted by Crippen LogP contribution is 2.30. The summed E-state index contributed by atoms with van der Waals surface area (Å²) in [7, 11) is -1.67. The van der Waals surface area contributed by atoms with Gasteiger partial charge in [-0.3, -0.25) is 0 Å². The third-order valence-corrected chi connectivity index (χ3v) is 6.99. The zero-order valence-electron chi connectivity index (χ0n) is 10.5. The number of nitrogens with zero attached hydrogens (tertiary/aromatic N) is 1. The van der Waals surface area contributed by atoms with Crippen molar-refractivity contribution in [1.82, 2.24) is 4.31 Å². The predicted molar refractivity (Wildman–Crippen MR) is 72.3 cm³/mol. The minimum Gasteiger partial charge on any atom is -0.396 e. The number of aliphatic hydroxyl groups is 1. The summed E-state index contributed by atoms with van der Waals surface area (Å²) in [5.74, 6) is 0. The van der Waals surface area contributed by atoms with Crippen LogP contribution in [0.2, 0.25) is 0 Å². The lowest BCUT2D eigenvalue weighted by atomic mass is 10.3.